The third-order valence-electron chi connectivity index (χ3n) is 5.01. The highest BCUT2D eigenvalue weighted by atomic mass is 19.4. The maximum atomic E-state index is 12.6. The molecule has 2 nitrogen and oxygen atoms in total. The predicted molar refractivity (Wildman–Crippen MR) is 72.4 cm³/mol. The Labute approximate surface area is 119 Å². The Morgan fingerprint density at radius 3 is 2.10 bits per heavy atom. The Balaban J connectivity index is 0.000000286. The molecule has 0 amide bonds. The van der Waals surface area contributed by atoms with Crippen LogP contribution in [0.5, 0.6) is 0 Å². The molecule has 0 aromatic rings. The summed E-state index contributed by atoms with van der Waals surface area (Å²) in [4.78, 5) is 0. The van der Waals surface area contributed by atoms with E-state index in [1.165, 1.54) is 0 Å². The minimum atomic E-state index is -4.48. The van der Waals surface area contributed by atoms with Gasteiger partial charge in [-0.1, -0.05) is 13.3 Å². The largest absolute Gasteiger partial charge is 0.417 e. The molecule has 0 radical (unpaired) electrons. The molecule has 0 heterocycles. The van der Waals surface area contributed by atoms with Gasteiger partial charge in [-0.2, -0.15) is 13.2 Å². The van der Waals surface area contributed by atoms with Gasteiger partial charge in [-0.05, 0) is 57.3 Å². The van der Waals surface area contributed by atoms with Crippen LogP contribution >= 0.6 is 0 Å². The van der Waals surface area contributed by atoms with Crippen molar-refractivity contribution in [2.45, 2.75) is 70.8 Å². The lowest BCUT2D eigenvalue weighted by molar-refractivity contribution is -0.277. The molecule has 0 aromatic heterocycles. The van der Waals surface area contributed by atoms with Crippen LogP contribution in [0.25, 0.3) is 0 Å². The summed E-state index contributed by atoms with van der Waals surface area (Å²) in [7, 11) is 1.73. The van der Waals surface area contributed by atoms with Gasteiger partial charge in [0.05, 0.1) is 6.10 Å². The number of methoxy groups -OCH3 is 1. The van der Waals surface area contributed by atoms with Crippen LogP contribution in [0.4, 0.5) is 13.2 Å². The fourth-order valence-electron chi connectivity index (χ4n) is 3.31. The Bertz CT molecular complexity index is 298. The Morgan fingerprint density at radius 1 is 1.25 bits per heavy atom. The Kier molecular flexibility index (Phi) is 5.90. The van der Waals surface area contributed by atoms with Crippen LogP contribution in [0, 0.1) is 17.8 Å². The molecule has 2 aliphatic rings. The number of halogens is 3. The maximum absolute atomic E-state index is 12.6. The molecular formula is C15H27F3O2. The van der Waals surface area contributed by atoms with E-state index in [1.54, 1.807) is 7.11 Å². The second-order valence-electron chi connectivity index (χ2n) is 6.38. The van der Waals surface area contributed by atoms with Crippen LogP contribution in [0.1, 0.15) is 52.9 Å². The van der Waals surface area contributed by atoms with Crippen molar-refractivity contribution >= 4 is 0 Å². The zero-order valence-electron chi connectivity index (χ0n) is 12.8. The first kappa shape index (κ1) is 17.8. The van der Waals surface area contributed by atoms with Crippen molar-refractivity contribution in [2.75, 3.05) is 7.11 Å². The lowest BCUT2D eigenvalue weighted by Crippen LogP contribution is -2.50. The van der Waals surface area contributed by atoms with E-state index in [2.05, 4.69) is 13.8 Å². The highest BCUT2D eigenvalue weighted by Crippen LogP contribution is 2.55. The third-order valence-corrected chi connectivity index (χ3v) is 5.01. The smallest absolute Gasteiger partial charge is 0.382 e. The maximum Gasteiger partial charge on any atom is 0.417 e. The highest BCUT2D eigenvalue weighted by Gasteiger charge is 2.59. The normalized spacial score (nSPS) is 33.3. The van der Waals surface area contributed by atoms with Crippen molar-refractivity contribution in [3.05, 3.63) is 0 Å². The number of rotatable bonds is 3. The molecular weight excluding hydrogens is 269 g/mol. The average molecular weight is 296 g/mol. The van der Waals surface area contributed by atoms with Gasteiger partial charge in [-0.3, -0.25) is 0 Å². The van der Waals surface area contributed by atoms with Crippen LogP contribution in [0.2, 0.25) is 0 Å². The van der Waals surface area contributed by atoms with Crippen LogP contribution in [-0.2, 0) is 4.74 Å². The van der Waals surface area contributed by atoms with Gasteiger partial charge >= 0.3 is 6.18 Å². The molecule has 0 saturated heterocycles. The van der Waals surface area contributed by atoms with Crippen LogP contribution < -0.4 is 0 Å². The molecule has 2 aliphatic carbocycles. The molecule has 0 aromatic carbocycles. The van der Waals surface area contributed by atoms with E-state index in [-0.39, 0.29) is 5.92 Å². The van der Waals surface area contributed by atoms with E-state index in [4.69, 9.17) is 4.74 Å². The van der Waals surface area contributed by atoms with Gasteiger partial charge in [-0.15, -0.1) is 0 Å². The van der Waals surface area contributed by atoms with Gasteiger partial charge < -0.3 is 9.84 Å². The highest BCUT2D eigenvalue weighted by molar-refractivity contribution is 5.01. The summed E-state index contributed by atoms with van der Waals surface area (Å²) >= 11 is 0. The molecule has 5 atom stereocenters. The minimum absolute atomic E-state index is 0.0941. The molecule has 0 aliphatic heterocycles. The number of hydrogen-bond acceptors (Lipinski definition) is 2. The second kappa shape index (κ2) is 6.65. The molecule has 1 N–H and O–H groups in total. The lowest BCUT2D eigenvalue weighted by Gasteiger charge is -2.37. The van der Waals surface area contributed by atoms with E-state index < -0.39 is 17.7 Å². The van der Waals surface area contributed by atoms with E-state index in [9.17, 15) is 18.3 Å². The van der Waals surface area contributed by atoms with Crippen molar-refractivity contribution < 1.29 is 23.0 Å². The van der Waals surface area contributed by atoms with Crippen molar-refractivity contribution in [3.63, 3.8) is 0 Å². The van der Waals surface area contributed by atoms with Crippen LogP contribution in [-0.4, -0.2) is 30.1 Å². The number of aliphatic hydroxyl groups is 1. The van der Waals surface area contributed by atoms with Crippen molar-refractivity contribution in [1.29, 1.82) is 0 Å². The lowest BCUT2D eigenvalue weighted by atomic mass is 9.77. The van der Waals surface area contributed by atoms with Crippen LogP contribution in [0.15, 0.2) is 0 Å². The molecule has 5 unspecified atom stereocenters. The summed E-state index contributed by atoms with van der Waals surface area (Å²) in [5.74, 6) is -0.0447. The Hall–Kier alpha value is -0.290. The molecule has 120 valence electrons. The molecule has 2 fully saturated rings. The van der Waals surface area contributed by atoms with Crippen LogP contribution in [0.3, 0.4) is 0 Å². The first-order valence-corrected chi connectivity index (χ1v) is 7.45. The second-order valence-corrected chi connectivity index (χ2v) is 6.38. The summed E-state index contributed by atoms with van der Waals surface area (Å²) in [5, 5.41) is 9.55. The monoisotopic (exact) mass is 296 g/mol. The molecule has 2 rings (SSSR count). The molecule has 5 heteroatoms. The summed E-state index contributed by atoms with van der Waals surface area (Å²) in [6.07, 6.45) is 0.411. The van der Waals surface area contributed by atoms with E-state index in [0.717, 1.165) is 32.6 Å². The minimum Gasteiger partial charge on any atom is -0.382 e. The average Bonchev–Trinajstić information content (AvgIpc) is 2.99. The molecule has 0 spiro atoms. The van der Waals surface area contributed by atoms with Gasteiger partial charge in [0.1, 0.15) is 0 Å². The van der Waals surface area contributed by atoms with Gasteiger partial charge in [0.25, 0.3) is 0 Å². The van der Waals surface area contributed by atoms with Crippen molar-refractivity contribution in [3.8, 4) is 0 Å². The quantitative estimate of drug-likeness (QED) is 0.847. The van der Waals surface area contributed by atoms with Gasteiger partial charge in [0, 0.05) is 7.11 Å². The van der Waals surface area contributed by atoms with E-state index in [1.807, 2.05) is 0 Å². The standard InChI is InChI=1S/C10H15F3O.C5H12O/c1-9(14,10(11,12)13)8-5-6-2-3-7(8)4-6;1-4-5(2)6-3/h6-8,14H,2-5H2,1H3;5H,4H2,1-3H3. The first-order valence-electron chi connectivity index (χ1n) is 7.45. The number of ether oxygens (including phenoxy) is 1. The zero-order valence-corrected chi connectivity index (χ0v) is 12.8. The number of hydrogen-bond donors (Lipinski definition) is 1. The predicted octanol–water partition coefficient (Wildman–Crippen LogP) is 4.17. The van der Waals surface area contributed by atoms with Gasteiger partial charge in [0.15, 0.2) is 5.60 Å². The molecule has 2 bridgehead atoms. The topological polar surface area (TPSA) is 29.5 Å². The summed E-state index contributed by atoms with van der Waals surface area (Å²) in [5.41, 5.74) is -2.48. The fraction of sp³-hybridized carbons (Fsp3) is 1.00. The fourth-order valence-corrected chi connectivity index (χ4v) is 3.31. The first-order chi connectivity index (χ1) is 9.13. The van der Waals surface area contributed by atoms with E-state index in [0.29, 0.717) is 18.4 Å². The SMILES string of the molecule is CC(O)(C1CC2CCC1C2)C(F)(F)F.CCC(C)OC. The molecule has 2 saturated carbocycles. The summed E-state index contributed by atoms with van der Waals surface area (Å²) in [6, 6.07) is 0. The van der Waals surface area contributed by atoms with Crippen molar-refractivity contribution in [2.24, 2.45) is 17.8 Å². The van der Waals surface area contributed by atoms with Gasteiger partial charge in [0.2, 0.25) is 0 Å². The summed E-state index contributed by atoms with van der Waals surface area (Å²) < 4.78 is 42.6. The number of fused-ring (bicyclic) bond motifs is 2. The zero-order chi connectivity index (χ0) is 15.6. The van der Waals surface area contributed by atoms with Gasteiger partial charge in [-0.25, -0.2) is 0 Å². The van der Waals surface area contributed by atoms with Crippen molar-refractivity contribution in [1.82, 2.24) is 0 Å². The number of alkyl halides is 3. The Morgan fingerprint density at radius 2 is 1.85 bits per heavy atom. The molecule has 20 heavy (non-hydrogen) atoms. The third kappa shape index (κ3) is 3.88. The van der Waals surface area contributed by atoms with E-state index >= 15 is 0 Å². The summed E-state index contributed by atoms with van der Waals surface area (Å²) in [6.45, 7) is 5.09.